The molecule has 9 heteroatoms. The van der Waals surface area contributed by atoms with Gasteiger partial charge in [0.15, 0.2) is 0 Å². The fourth-order valence-electron chi connectivity index (χ4n) is 3.66. The Bertz CT molecular complexity index is 636. The first-order valence-electron chi connectivity index (χ1n) is 8.75. The summed E-state index contributed by atoms with van der Waals surface area (Å²) in [5.41, 5.74) is 0. The molecule has 0 saturated carbocycles. The second-order valence-corrected chi connectivity index (χ2v) is 7.83. The predicted octanol–water partition coefficient (Wildman–Crippen LogP) is 2.35. The van der Waals surface area contributed by atoms with Crippen LogP contribution in [-0.2, 0) is 4.79 Å². The molecule has 2 aliphatic rings. The van der Waals surface area contributed by atoms with E-state index >= 15 is 0 Å². The van der Waals surface area contributed by atoms with Crippen LogP contribution in [0, 0.1) is 5.92 Å². The van der Waals surface area contributed by atoms with E-state index in [1.807, 2.05) is 5.38 Å². The normalized spacial score (nSPS) is 24.2. The van der Waals surface area contributed by atoms with Crippen LogP contribution in [0.1, 0.15) is 28.9 Å². The zero-order chi connectivity index (χ0) is 18.7. The highest BCUT2D eigenvalue weighted by molar-refractivity contribution is 7.12. The molecule has 0 aromatic carbocycles. The number of rotatable bonds is 5. The van der Waals surface area contributed by atoms with E-state index in [9.17, 15) is 22.8 Å². The van der Waals surface area contributed by atoms with E-state index in [-0.39, 0.29) is 17.7 Å². The van der Waals surface area contributed by atoms with Crippen molar-refractivity contribution in [2.75, 3.05) is 32.7 Å². The molecular weight excluding hydrogens is 367 g/mol. The number of carbonyl (C=O) groups excluding carboxylic acids is 2. The lowest BCUT2D eigenvalue weighted by Gasteiger charge is -2.24. The molecular formula is C17H22F3N3O2S. The molecule has 2 saturated heterocycles. The molecule has 0 bridgehead atoms. The first-order chi connectivity index (χ1) is 12.3. The van der Waals surface area contributed by atoms with E-state index in [1.165, 1.54) is 16.2 Å². The molecule has 0 spiro atoms. The van der Waals surface area contributed by atoms with Crippen molar-refractivity contribution in [1.82, 2.24) is 15.1 Å². The van der Waals surface area contributed by atoms with E-state index in [0.717, 1.165) is 6.42 Å². The molecule has 26 heavy (non-hydrogen) atoms. The standard InChI is InChI=1S/C17H22F3N3O2S/c18-17(19,20)11-22-7-5-12(10-22)9-21-15(24)13-3-1-6-23(13)16(25)14-4-2-8-26-14/h2,4,8,12-13H,1,3,5-7,9-11H2,(H,21,24)/t12?,13-/m0/s1. The van der Waals surface area contributed by atoms with Crippen LogP contribution in [0.3, 0.4) is 0 Å². The number of nitrogens with one attached hydrogen (secondary N) is 1. The molecule has 5 nitrogen and oxygen atoms in total. The fraction of sp³-hybridized carbons (Fsp3) is 0.647. The maximum Gasteiger partial charge on any atom is 0.401 e. The van der Waals surface area contributed by atoms with Crippen LogP contribution >= 0.6 is 11.3 Å². The molecule has 0 aliphatic carbocycles. The Morgan fingerprint density at radius 1 is 1.27 bits per heavy atom. The highest BCUT2D eigenvalue weighted by Gasteiger charge is 2.36. The monoisotopic (exact) mass is 389 g/mol. The van der Waals surface area contributed by atoms with Crippen molar-refractivity contribution in [3.05, 3.63) is 22.4 Å². The van der Waals surface area contributed by atoms with Gasteiger partial charge in [-0.15, -0.1) is 11.3 Å². The summed E-state index contributed by atoms with van der Waals surface area (Å²) in [6.07, 6.45) is -2.16. The number of thiophene rings is 1. The lowest BCUT2D eigenvalue weighted by molar-refractivity contribution is -0.143. The van der Waals surface area contributed by atoms with Crippen LogP contribution in [0.5, 0.6) is 0 Å². The summed E-state index contributed by atoms with van der Waals surface area (Å²) in [5.74, 6) is -0.319. The minimum atomic E-state index is -4.19. The molecule has 1 N–H and O–H groups in total. The molecule has 144 valence electrons. The summed E-state index contributed by atoms with van der Waals surface area (Å²) in [6.45, 7) is 0.736. The molecule has 2 fully saturated rings. The van der Waals surface area contributed by atoms with Crippen LogP contribution in [0.25, 0.3) is 0 Å². The molecule has 3 rings (SSSR count). The third-order valence-electron chi connectivity index (χ3n) is 4.89. The molecule has 1 aromatic heterocycles. The summed E-state index contributed by atoms with van der Waals surface area (Å²) in [5, 5.41) is 4.67. The Morgan fingerprint density at radius 2 is 2.08 bits per heavy atom. The maximum absolute atomic E-state index is 12.5. The van der Waals surface area contributed by atoms with E-state index in [2.05, 4.69) is 5.32 Å². The molecule has 1 unspecified atom stereocenters. The van der Waals surface area contributed by atoms with Gasteiger partial charge in [-0.25, -0.2) is 0 Å². The van der Waals surface area contributed by atoms with Gasteiger partial charge in [0.2, 0.25) is 5.91 Å². The van der Waals surface area contributed by atoms with Crippen molar-refractivity contribution < 1.29 is 22.8 Å². The van der Waals surface area contributed by atoms with E-state index in [4.69, 9.17) is 0 Å². The zero-order valence-corrected chi connectivity index (χ0v) is 15.1. The molecule has 2 atom stereocenters. The van der Waals surface area contributed by atoms with Crippen LogP contribution in [0.2, 0.25) is 0 Å². The van der Waals surface area contributed by atoms with Gasteiger partial charge in [0.1, 0.15) is 6.04 Å². The molecule has 0 radical (unpaired) electrons. The first-order valence-corrected chi connectivity index (χ1v) is 9.63. The minimum absolute atomic E-state index is 0.0177. The molecule has 2 aliphatic heterocycles. The summed E-state index contributed by atoms with van der Waals surface area (Å²) in [7, 11) is 0. The summed E-state index contributed by atoms with van der Waals surface area (Å²) < 4.78 is 37.3. The van der Waals surface area contributed by atoms with Gasteiger partial charge in [0, 0.05) is 19.6 Å². The number of alkyl halides is 3. The van der Waals surface area contributed by atoms with Crippen molar-refractivity contribution in [3.8, 4) is 0 Å². The van der Waals surface area contributed by atoms with Crippen molar-refractivity contribution >= 4 is 23.2 Å². The Morgan fingerprint density at radius 3 is 2.77 bits per heavy atom. The average Bonchev–Trinajstić information content (AvgIpc) is 3.31. The van der Waals surface area contributed by atoms with Gasteiger partial charge in [-0.1, -0.05) is 6.07 Å². The molecule has 3 heterocycles. The average molecular weight is 389 g/mol. The number of carbonyl (C=O) groups is 2. The topological polar surface area (TPSA) is 52.7 Å². The second kappa shape index (κ2) is 7.96. The summed E-state index contributed by atoms with van der Waals surface area (Å²) in [4.78, 5) is 28.6. The van der Waals surface area contributed by atoms with Gasteiger partial charge in [0.05, 0.1) is 11.4 Å². The van der Waals surface area contributed by atoms with Crippen LogP contribution in [0.15, 0.2) is 17.5 Å². The Kier molecular flexibility index (Phi) is 5.86. The van der Waals surface area contributed by atoms with Crippen molar-refractivity contribution in [3.63, 3.8) is 0 Å². The lowest BCUT2D eigenvalue weighted by atomic mass is 10.1. The minimum Gasteiger partial charge on any atom is -0.354 e. The van der Waals surface area contributed by atoms with Gasteiger partial charge in [-0.2, -0.15) is 13.2 Å². The molecule has 2 amide bonds. The van der Waals surface area contributed by atoms with Gasteiger partial charge in [-0.05, 0) is 43.2 Å². The Hall–Kier alpha value is -1.61. The van der Waals surface area contributed by atoms with Gasteiger partial charge in [-0.3, -0.25) is 14.5 Å². The number of halogens is 3. The van der Waals surface area contributed by atoms with E-state index in [0.29, 0.717) is 43.9 Å². The highest BCUT2D eigenvalue weighted by Crippen LogP contribution is 2.24. The van der Waals surface area contributed by atoms with E-state index < -0.39 is 18.8 Å². The number of likely N-dealkylation sites (tertiary alicyclic amines) is 2. The van der Waals surface area contributed by atoms with Crippen LogP contribution < -0.4 is 5.32 Å². The first kappa shape index (κ1) is 19.2. The third kappa shape index (κ3) is 4.76. The number of amides is 2. The number of nitrogens with zero attached hydrogens (tertiary/aromatic N) is 2. The van der Waals surface area contributed by atoms with Crippen molar-refractivity contribution in [2.45, 2.75) is 31.5 Å². The number of hydrogen-bond donors (Lipinski definition) is 1. The largest absolute Gasteiger partial charge is 0.401 e. The summed E-state index contributed by atoms with van der Waals surface area (Å²) in [6, 6.07) is 3.06. The zero-order valence-electron chi connectivity index (χ0n) is 14.3. The van der Waals surface area contributed by atoms with Crippen LogP contribution in [0.4, 0.5) is 13.2 Å². The van der Waals surface area contributed by atoms with E-state index in [1.54, 1.807) is 17.0 Å². The fourth-order valence-corrected chi connectivity index (χ4v) is 4.34. The van der Waals surface area contributed by atoms with Gasteiger partial charge < -0.3 is 10.2 Å². The summed E-state index contributed by atoms with van der Waals surface area (Å²) >= 11 is 1.35. The van der Waals surface area contributed by atoms with Crippen molar-refractivity contribution in [1.29, 1.82) is 0 Å². The SMILES string of the molecule is O=C(NCC1CCN(CC(F)(F)F)C1)[C@@H]1CCCN1C(=O)c1cccs1. The Balaban J connectivity index is 1.48. The Labute approximate surface area is 154 Å². The van der Waals surface area contributed by atoms with Gasteiger partial charge in [0.25, 0.3) is 5.91 Å². The lowest BCUT2D eigenvalue weighted by Crippen LogP contribution is -2.47. The highest BCUT2D eigenvalue weighted by atomic mass is 32.1. The smallest absolute Gasteiger partial charge is 0.354 e. The van der Waals surface area contributed by atoms with Gasteiger partial charge >= 0.3 is 6.18 Å². The number of hydrogen-bond acceptors (Lipinski definition) is 4. The van der Waals surface area contributed by atoms with Crippen molar-refractivity contribution in [2.24, 2.45) is 5.92 Å². The molecule has 1 aromatic rings. The predicted molar refractivity (Wildman–Crippen MR) is 92.0 cm³/mol. The second-order valence-electron chi connectivity index (χ2n) is 6.88. The van der Waals surface area contributed by atoms with Crippen LogP contribution in [-0.4, -0.2) is 66.6 Å². The third-order valence-corrected chi connectivity index (χ3v) is 5.74. The quantitative estimate of drug-likeness (QED) is 0.841. The maximum atomic E-state index is 12.5.